The van der Waals surface area contributed by atoms with E-state index in [9.17, 15) is 13.2 Å². The van der Waals surface area contributed by atoms with Gasteiger partial charge in [0.05, 0.1) is 39.9 Å². The van der Waals surface area contributed by atoms with Gasteiger partial charge >= 0.3 is 0 Å². The molecule has 0 radical (unpaired) electrons. The van der Waals surface area contributed by atoms with E-state index in [1.165, 1.54) is 12.1 Å². The van der Waals surface area contributed by atoms with Crippen LogP contribution in [0.5, 0.6) is 0 Å². The molecule has 0 fully saturated rings. The minimum atomic E-state index is -3.73. The smallest absolute Gasteiger partial charge is 0.258 e. The van der Waals surface area contributed by atoms with Gasteiger partial charge in [-0.05, 0) is 56.6 Å². The van der Waals surface area contributed by atoms with Gasteiger partial charge in [-0.1, -0.05) is 23.7 Å². The average Bonchev–Trinajstić information content (AvgIpc) is 3.21. The van der Waals surface area contributed by atoms with Crippen molar-refractivity contribution in [1.29, 1.82) is 0 Å². The maximum absolute atomic E-state index is 15.5. The topological polar surface area (TPSA) is 108 Å². The number of carbonyl (C=O) groups excluding carboxylic acids is 1. The van der Waals surface area contributed by atoms with E-state index < -0.39 is 15.8 Å². The summed E-state index contributed by atoms with van der Waals surface area (Å²) in [4.78, 5) is 23.7. The lowest BCUT2D eigenvalue weighted by molar-refractivity contribution is -0.110. The third-order valence-corrected chi connectivity index (χ3v) is 7.79. The van der Waals surface area contributed by atoms with Crippen LogP contribution in [0.1, 0.15) is 11.1 Å². The highest BCUT2D eigenvalue weighted by molar-refractivity contribution is 7.92. The van der Waals surface area contributed by atoms with E-state index in [0.29, 0.717) is 56.4 Å². The summed E-state index contributed by atoms with van der Waals surface area (Å²) in [5.74, 6) is -1.09. The molecule has 1 amide bonds. The Morgan fingerprint density at radius 3 is 2.45 bits per heavy atom. The Morgan fingerprint density at radius 1 is 1.00 bits per heavy atom. The maximum atomic E-state index is 15.5. The first kappa shape index (κ1) is 27.5. The molecule has 1 aliphatic rings. The highest BCUT2D eigenvalue weighted by Gasteiger charge is 2.29. The molecule has 0 unspecified atom stereocenters. The molecular formula is C28H26ClFN6O3S. The largest absolute Gasteiger partial charge is 0.354 e. The van der Waals surface area contributed by atoms with Gasteiger partial charge in [0, 0.05) is 47.3 Å². The lowest BCUT2D eigenvalue weighted by Crippen LogP contribution is -2.36. The second-order valence-corrected chi connectivity index (χ2v) is 11.9. The van der Waals surface area contributed by atoms with Crippen LogP contribution in [-0.2, 0) is 14.8 Å². The second-order valence-electron chi connectivity index (χ2n) is 9.58. The third kappa shape index (κ3) is 5.62. The molecule has 0 saturated heterocycles. The van der Waals surface area contributed by atoms with Gasteiger partial charge in [0.2, 0.25) is 10.0 Å². The molecule has 40 heavy (non-hydrogen) atoms. The van der Waals surface area contributed by atoms with Crippen LogP contribution >= 0.6 is 11.6 Å². The number of benzene rings is 3. The molecule has 1 aliphatic heterocycles. The van der Waals surface area contributed by atoms with Gasteiger partial charge in [-0.15, -0.1) is 0 Å². The zero-order chi connectivity index (χ0) is 28.6. The van der Waals surface area contributed by atoms with Gasteiger partial charge in [-0.3, -0.25) is 19.1 Å². The molecule has 0 saturated carbocycles. The number of amides is 1. The normalized spacial score (nSPS) is 14.3. The van der Waals surface area contributed by atoms with Crippen molar-refractivity contribution in [2.24, 2.45) is 0 Å². The molecule has 206 valence electrons. The van der Waals surface area contributed by atoms with E-state index >= 15 is 4.39 Å². The van der Waals surface area contributed by atoms with Crippen molar-refractivity contribution in [3.05, 3.63) is 89.0 Å². The highest BCUT2D eigenvalue weighted by atomic mass is 35.5. The van der Waals surface area contributed by atoms with Crippen LogP contribution in [0.15, 0.2) is 67.0 Å². The lowest BCUT2D eigenvalue weighted by Gasteiger charge is -2.25. The Balaban J connectivity index is 1.61. The van der Waals surface area contributed by atoms with E-state index in [1.807, 2.05) is 19.0 Å². The van der Waals surface area contributed by atoms with Crippen molar-refractivity contribution in [2.75, 3.05) is 48.4 Å². The van der Waals surface area contributed by atoms with Crippen molar-refractivity contribution in [1.82, 2.24) is 14.9 Å². The number of sulfonamides is 1. The SMILES string of the molecule is CN(C)CCN(c1ccc(N/C(=C2\C(=O)Nc3cc(Cl)ccc32)c2ccc3nccnc3c2)cc1F)S(C)(=O)=O. The number of hydrogen-bond acceptors (Lipinski definition) is 7. The summed E-state index contributed by atoms with van der Waals surface area (Å²) in [5.41, 5.74) is 4.08. The maximum Gasteiger partial charge on any atom is 0.258 e. The molecule has 2 heterocycles. The van der Waals surface area contributed by atoms with Gasteiger partial charge in [-0.25, -0.2) is 12.8 Å². The van der Waals surface area contributed by atoms with Gasteiger partial charge in [-0.2, -0.15) is 0 Å². The van der Waals surface area contributed by atoms with Gasteiger partial charge < -0.3 is 15.5 Å². The van der Waals surface area contributed by atoms with Crippen LogP contribution in [0.25, 0.3) is 22.3 Å². The summed E-state index contributed by atoms with van der Waals surface area (Å²) >= 11 is 6.15. The summed E-state index contributed by atoms with van der Waals surface area (Å²) < 4.78 is 41.4. The Labute approximate surface area is 236 Å². The van der Waals surface area contributed by atoms with Gasteiger partial charge in [0.1, 0.15) is 5.82 Å². The van der Waals surface area contributed by atoms with E-state index in [1.54, 1.807) is 54.9 Å². The van der Waals surface area contributed by atoms with E-state index in [0.717, 1.165) is 10.6 Å². The monoisotopic (exact) mass is 580 g/mol. The predicted molar refractivity (Wildman–Crippen MR) is 157 cm³/mol. The van der Waals surface area contributed by atoms with Crippen LogP contribution in [-0.4, -0.2) is 62.6 Å². The Bertz CT molecular complexity index is 1780. The molecular weight excluding hydrogens is 555 g/mol. The van der Waals surface area contributed by atoms with Crippen LogP contribution in [0.2, 0.25) is 5.02 Å². The molecule has 0 atom stereocenters. The number of nitrogens with one attached hydrogen (secondary N) is 2. The number of halogens is 2. The lowest BCUT2D eigenvalue weighted by atomic mass is 9.99. The fourth-order valence-electron chi connectivity index (χ4n) is 4.48. The summed E-state index contributed by atoms with van der Waals surface area (Å²) in [6, 6.07) is 14.6. The standard InChI is InChI=1S/C28H26ClFN6O3S/c1-35(2)12-13-36(40(3,38)39)25-9-6-19(16-21(25)30)33-27(17-4-8-22-24(14-17)32-11-10-31-22)26-20-7-5-18(29)15-23(20)34-28(26)37/h4-11,14-16,33H,12-13H2,1-3H3,(H,34,37)/b27-26-. The van der Waals surface area contributed by atoms with Crippen molar-refractivity contribution < 1.29 is 17.6 Å². The first-order valence-electron chi connectivity index (χ1n) is 12.3. The molecule has 4 aromatic rings. The van der Waals surface area contributed by atoms with Gasteiger partial charge in [0.15, 0.2) is 0 Å². The average molecular weight is 581 g/mol. The van der Waals surface area contributed by atoms with Crippen LogP contribution in [0.4, 0.5) is 21.5 Å². The van der Waals surface area contributed by atoms with E-state index in [2.05, 4.69) is 20.6 Å². The van der Waals surface area contributed by atoms with E-state index in [-0.39, 0.29) is 18.1 Å². The summed E-state index contributed by atoms with van der Waals surface area (Å²) in [7, 11) is -0.117. The summed E-state index contributed by atoms with van der Waals surface area (Å²) in [6.45, 7) is 0.495. The van der Waals surface area contributed by atoms with Crippen molar-refractivity contribution in [3.63, 3.8) is 0 Å². The Kier molecular flexibility index (Phi) is 7.45. The number of hydrogen-bond donors (Lipinski definition) is 2. The number of aromatic nitrogens is 2. The Morgan fingerprint density at radius 2 is 1.75 bits per heavy atom. The fourth-order valence-corrected chi connectivity index (χ4v) is 5.57. The Hall–Kier alpha value is -4.06. The molecule has 0 aliphatic carbocycles. The fraction of sp³-hybridized carbons (Fsp3) is 0.179. The molecule has 3 aromatic carbocycles. The first-order chi connectivity index (χ1) is 19.0. The number of likely N-dealkylation sites (N-methyl/N-ethyl adjacent to an activating group) is 1. The number of anilines is 3. The number of rotatable bonds is 8. The number of nitrogens with zero attached hydrogens (tertiary/aromatic N) is 4. The molecule has 0 spiro atoms. The van der Waals surface area contributed by atoms with Crippen LogP contribution in [0, 0.1) is 5.82 Å². The zero-order valence-corrected chi connectivity index (χ0v) is 23.5. The van der Waals surface area contributed by atoms with Crippen molar-refractivity contribution in [2.45, 2.75) is 0 Å². The zero-order valence-electron chi connectivity index (χ0n) is 21.9. The number of fused-ring (bicyclic) bond motifs is 2. The summed E-state index contributed by atoms with van der Waals surface area (Å²) in [6.07, 6.45) is 4.21. The molecule has 12 heteroatoms. The minimum Gasteiger partial charge on any atom is -0.354 e. The second kappa shape index (κ2) is 10.8. The molecule has 0 bridgehead atoms. The van der Waals surface area contributed by atoms with Gasteiger partial charge in [0.25, 0.3) is 5.91 Å². The summed E-state index contributed by atoms with van der Waals surface area (Å²) in [5, 5.41) is 6.51. The van der Waals surface area contributed by atoms with Crippen molar-refractivity contribution in [3.8, 4) is 0 Å². The highest BCUT2D eigenvalue weighted by Crippen LogP contribution is 2.39. The molecule has 5 rings (SSSR count). The molecule has 1 aromatic heterocycles. The van der Waals surface area contributed by atoms with Crippen LogP contribution in [0.3, 0.4) is 0 Å². The molecule has 2 N–H and O–H groups in total. The molecule has 9 nitrogen and oxygen atoms in total. The van der Waals surface area contributed by atoms with Crippen molar-refractivity contribution >= 4 is 66.9 Å². The van der Waals surface area contributed by atoms with E-state index in [4.69, 9.17) is 11.6 Å². The quantitative estimate of drug-likeness (QED) is 0.291. The first-order valence-corrected chi connectivity index (χ1v) is 14.5. The predicted octanol–water partition coefficient (Wildman–Crippen LogP) is 4.68. The third-order valence-electron chi connectivity index (χ3n) is 6.37. The number of carbonyl (C=O) groups is 1. The minimum absolute atomic E-state index is 0.0660. The van der Waals surface area contributed by atoms with Crippen LogP contribution < -0.4 is 14.9 Å².